The molecule has 10 rings (SSSR count). The van der Waals surface area contributed by atoms with E-state index in [9.17, 15) is 0 Å². The summed E-state index contributed by atoms with van der Waals surface area (Å²) in [4.78, 5) is 4.82. The number of nitrogens with zero attached hydrogens (tertiary/aromatic N) is 4. The van der Waals surface area contributed by atoms with E-state index in [2.05, 4.69) is 126 Å². The van der Waals surface area contributed by atoms with Crippen LogP contribution in [0.1, 0.15) is 295 Å². The van der Waals surface area contributed by atoms with Gasteiger partial charge in [-0.1, -0.05) is 307 Å². The van der Waals surface area contributed by atoms with Gasteiger partial charge in [-0.25, -0.2) is 0 Å². The maximum Gasteiger partial charge on any atom is 0.172 e. The van der Waals surface area contributed by atoms with Gasteiger partial charge in [-0.2, -0.15) is 17.5 Å². The number of hydrogen-bond acceptors (Lipinski definition) is 12. The highest BCUT2D eigenvalue weighted by Crippen LogP contribution is 2.56. The zero-order chi connectivity index (χ0) is 68.6. The number of unbranched alkanes of at least 4 members (excludes halogenated alkanes) is 33. The van der Waals surface area contributed by atoms with Crippen LogP contribution < -0.4 is 14.2 Å². The molecule has 0 saturated heterocycles. The van der Waals surface area contributed by atoms with Crippen molar-refractivity contribution in [2.75, 3.05) is 19.8 Å². The van der Waals surface area contributed by atoms with Crippen LogP contribution in [0.2, 0.25) is 0 Å². The van der Waals surface area contributed by atoms with Crippen molar-refractivity contribution in [2.24, 2.45) is 0 Å². The molecule has 0 N–H and O–H groups in total. The van der Waals surface area contributed by atoms with Crippen LogP contribution in [-0.4, -0.2) is 37.3 Å². The van der Waals surface area contributed by atoms with Crippen molar-refractivity contribution < 1.29 is 14.2 Å². The highest BCUT2D eigenvalue weighted by molar-refractivity contribution is 7.24. The number of thiophene rings is 3. The summed E-state index contributed by atoms with van der Waals surface area (Å²) < 4.78 is 45.7. The second-order valence-electron chi connectivity index (χ2n) is 28.3. The van der Waals surface area contributed by atoms with E-state index in [1.807, 2.05) is 22.7 Å². The van der Waals surface area contributed by atoms with E-state index in [0.29, 0.717) is 19.8 Å². The third-order valence-electron chi connectivity index (χ3n) is 20.4. The molecule has 5 aromatic carbocycles. The fourth-order valence-electron chi connectivity index (χ4n) is 14.8. The Balaban J connectivity index is 1.08. The predicted molar refractivity (Wildman–Crippen MR) is 437 cm³/mol. The Morgan fingerprint density at radius 3 is 1.05 bits per heavy atom. The van der Waals surface area contributed by atoms with Crippen molar-refractivity contribution in [3.8, 4) is 70.1 Å². The Hall–Kier alpha value is -5.24. The lowest BCUT2D eigenvalue weighted by Crippen LogP contribution is -2.06. The number of rotatable bonds is 51. The minimum absolute atomic E-state index is 0.596. The van der Waals surface area contributed by atoms with Gasteiger partial charge in [0.05, 0.1) is 60.0 Å². The van der Waals surface area contributed by atoms with Gasteiger partial charge in [0.2, 0.25) is 0 Å². The van der Waals surface area contributed by atoms with Crippen LogP contribution >= 0.6 is 57.5 Å². The van der Waals surface area contributed by atoms with Crippen LogP contribution in [0.25, 0.3) is 95.1 Å². The number of aromatic nitrogens is 4. The lowest BCUT2D eigenvalue weighted by molar-refractivity contribution is 0.260. The van der Waals surface area contributed by atoms with Crippen LogP contribution in [0, 0.1) is 6.92 Å². The van der Waals surface area contributed by atoms with Gasteiger partial charge < -0.3 is 14.2 Å². The molecule has 0 amide bonds. The third-order valence-corrected chi connectivity index (χ3v) is 25.1. The predicted octanol–water partition coefficient (Wildman–Crippen LogP) is 30.0. The summed E-state index contributed by atoms with van der Waals surface area (Å²) in [5, 5.41) is 2.92. The summed E-state index contributed by atoms with van der Waals surface area (Å²) in [6.45, 7) is 15.7. The van der Waals surface area contributed by atoms with Gasteiger partial charge in [-0.3, -0.25) is 0 Å². The molecule has 7 nitrogen and oxygen atoms in total. The molecular weight excluding hydrogens is 1310 g/mol. The monoisotopic (exact) mass is 1430 g/mol. The van der Waals surface area contributed by atoms with Crippen molar-refractivity contribution in [3.05, 3.63) is 102 Å². The van der Waals surface area contributed by atoms with Crippen LogP contribution in [0.4, 0.5) is 0 Å². The normalized spacial score (nSPS) is 11.9. The van der Waals surface area contributed by atoms with E-state index >= 15 is 0 Å². The van der Waals surface area contributed by atoms with Crippen LogP contribution in [0.15, 0.2) is 84.9 Å². The first-order valence-corrected chi connectivity index (χ1v) is 43.6. The molecule has 0 saturated carbocycles. The fraction of sp³-hybridized carbons (Fsp3) is 0.563. The van der Waals surface area contributed by atoms with E-state index < -0.39 is 0 Å². The number of hydrogen-bond donors (Lipinski definition) is 0. The van der Waals surface area contributed by atoms with Crippen LogP contribution in [0.5, 0.6) is 17.2 Å². The molecule has 0 fully saturated rings. The molecule has 534 valence electrons. The van der Waals surface area contributed by atoms with Crippen LogP contribution in [-0.2, 0) is 12.8 Å². The van der Waals surface area contributed by atoms with Gasteiger partial charge in [-0.15, -0.1) is 34.0 Å². The van der Waals surface area contributed by atoms with Gasteiger partial charge in [0.25, 0.3) is 0 Å². The van der Waals surface area contributed by atoms with Gasteiger partial charge in [0.15, 0.2) is 11.5 Å². The summed E-state index contributed by atoms with van der Waals surface area (Å²) in [5.74, 6) is 2.51. The molecule has 5 heterocycles. The summed E-state index contributed by atoms with van der Waals surface area (Å²) in [6, 6.07) is 31.6. The minimum atomic E-state index is 0.596. The van der Waals surface area contributed by atoms with Crippen molar-refractivity contribution in [1.29, 1.82) is 0 Å². The van der Waals surface area contributed by atoms with E-state index in [4.69, 9.17) is 31.7 Å². The Bertz CT molecular complexity index is 3870. The number of fused-ring (bicyclic) bond motifs is 4. The van der Waals surface area contributed by atoms with Crippen molar-refractivity contribution in [3.63, 3.8) is 0 Å². The second-order valence-corrected chi connectivity index (χ2v) is 32.6. The molecule has 0 unspecified atom stereocenters. The van der Waals surface area contributed by atoms with Crippen molar-refractivity contribution in [2.45, 2.75) is 298 Å². The van der Waals surface area contributed by atoms with Crippen molar-refractivity contribution >= 4 is 99.7 Å². The van der Waals surface area contributed by atoms with Crippen LogP contribution in [0.3, 0.4) is 0 Å². The second kappa shape index (κ2) is 42.4. The smallest absolute Gasteiger partial charge is 0.172 e. The Kier molecular flexibility index (Phi) is 32.7. The van der Waals surface area contributed by atoms with E-state index in [-0.39, 0.29) is 0 Å². The summed E-state index contributed by atoms with van der Waals surface area (Å²) in [6.07, 6.45) is 50.2. The number of benzene rings is 5. The molecule has 0 aliphatic rings. The molecular formula is C87H118N4O3S5. The van der Waals surface area contributed by atoms with E-state index in [0.717, 1.165) is 134 Å². The SMILES string of the molecule is CCCCCCCCCCCCc1c2cc(-c3c(OCCCCCCCC)c(C)c(-c4ccc(-c5c(OCCCCCCCC)c(OCCCCCCCC)c(-c6ccccc6)c6nsnc56)s4)c4nsnc34)sc2c(CCCCCCCCCCCC)c2cc(-c3ccccc3)sc12. The molecule has 12 heteroatoms. The first-order chi connectivity index (χ1) is 49.0. The van der Waals surface area contributed by atoms with Gasteiger partial charge >= 0.3 is 0 Å². The van der Waals surface area contributed by atoms with Crippen molar-refractivity contribution in [1.82, 2.24) is 17.5 Å². The average molecular weight is 1430 g/mol. The molecule has 99 heavy (non-hydrogen) atoms. The standard InChI is InChI=1S/C87H118N4O3S5/c1-7-12-17-22-27-29-31-33-35-46-55-67-69-62-73(65-51-42-40-43-52-65)96-86(69)68(56-47-36-34-32-30-28-23-18-13-8-2)70-63-74(97-87(67)70)78-82-79(88-98-91-82)75(64(6)83(78)92-59-48-37-24-19-14-9-3)71-57-58-72(95-71)77-81-80(89-99-90-81)76(66-53-44-41-45-54-66)84(93-60-49-38-25-20-15-10-4)85(77)94-61-50-39-26-21-16-11-5/h40-45,51-54,57-58,62-63H,7-39,46-50,55-56,59-61H2,1-6H3. The average Bonchev–Trinajstić information content (AvgIpc) is 1.61. The summed E-state index contributed by atoms with van der Waals surface area (Å²) >= 11 is 8.44. The lowest BCUT2D eigenvalue weighted by atomic mass is 9.93. The maximum atomic E-state index is 7.42. The Morgan fingerprint density at radius 1 is 0.293 bits per heavy atom. The highest BCUT2D eigenvalue weighted by Gasteiger charge is 2.31. The maximum absolute atomic E-state index is 7.42. The van der Waals surface area contributed by atoms with E-state index in [1.165, 1.54) is 276 Å². The molecule has 0 bridgehead atoms. The topological polar surface area (TPSA) is 79.2 Å². The quantitative estimate of drug-likeness (QED) is 0.0352. The largest absolute Gasteiger partial charge is 0.493 e. The first kappa shape index (κ1) is 76.4. The summed E-state index contributed by atoms with van der Waals surface area (Å²) in [5.41, 5.74) is 14.3. The number of aryl methyl sites for hydroxylation is 2. The molecule has 0 atom stereocenters. The minimum Gasteiger partial charge on any atom is -0.493 e. The number of ether oxygens (including phenoxy) is 3. The van der Waals surface area contributed by atoms with Gasteiger partial charge in [0.1, 0.15) is 27.8 Å². The van der Waals surface area contributed by atoms with Gasteiger partial charge in [0, 0.05) is 40.0 Å². The molecule has 0 spiro atoms. The first-order valence-electron chi connectivity index (χ1n) is 39.7. The molecule has 0 aliphatic carbocycles. The third kappa shape index (κ3) is 21.0. The Labute approximate surface area is 616 Å². The molecule has 0 radical (unpaired) electrons. The molecule has 10 aromatic rings. The highest BCUT2D eigenvalue weighted by atomic mass is 32.1. The zero-order valence-corrected chi connectivity index (χ0v) is 65.6. The zero-order valence-electron chi connectivity index (χ0n) is 61.5. The molecule has 5 aromatic heterocycles. The Morgan fingerprint density at radius 2 is 0.616 bits per heavy atom. The fourth-order valence-corrected chi connectivity index (χ4v) is 19.7. The van der Waals surface area contributed by atoms with Gasteiger partial charge in [-0.05, 0) is 109 Å². The lowest BCUT2D eigenvalue weighted by Gasteiger charge is -2.20. The summed E-state index contributed by atoms with van der Waals surface area (Å²) in [7, 11) is 0. The van der Waals surface area contributed by atoms with E-state index in [1.54, 1.807) is 11.3 Å². The molecule has 0 aliphatic heterocycles.